The quantitative estimate of drug-likeness (QED) is 0.527. The molecule has 0 radical (unpaired) electrons. The van der Waals surface area contributed by atoms with Crippen LogP contribution in [0.25, 0.3) is 0 Å². The lowest BCUT2D eigenvalue weighted by Crippen LogP contribution is -1.92. The lowest BCUT2D eigenvalue weighted by Gasteiger charge is -1.74. The van der Waals surface area contributed by atoms with Gasteiger partial charge in [0.2, 0.25) is 0 Å². The minimum Gasteiger partial charge on any atom is -0.481 e. The number of nitrogens with one attached hydrogen (secondary N) is 1. The lowest BCUT2D eigenvalue weighted by molar-refractivity contribution is -0.137. The van der Waals surface area contributed by atoms with Crippen LogP contribution in [0, 0.1) is 5.41 Å². The second kappa shape index (κ2) is 8.61. The molecule has 0 aliphatic heterocycles. The molecule has 64 valence electrons. The van der Waals surface area contributed by atoms with Crippen LogP contribution < -0.4 is 0 Å². The molecule has 0 bridgehead atoms. The molecule has 0 aromatic heterocycles. The van der Waals surface area contributed by atoms with Gasteiger partial charge >= 0.3 is 11.9 Å². The molecule has 0 aliphatic rings. The molecule has 0 atom stereocenters. The molecule has 0 saturated heterocycles. The fraction of sp³-hybridized carbons (Fsp3) is 0.500. The zero-order valence-corrected chi connectivity index (χ0v) is 6.20. The Balaban J connectivity index is 0. The van der Waals surface area contributed by atoms with Crippen LogP contribution in [0.5, 0.6) is 0 Å². The minimum absolute atomic E-state index is 0.167. The second-order valence-electron chi connectivity index (χ2n) is 1.55. The average Bonchev–Trinajstić information content (AvgIpc) is 1.89. The smallest absolute Gasteiger partial charge is 0.308 e. The van der Waals surface area contributed by atoms with Crippen LogP contribution in [0.15, 0.2) is 0 Å². The number of hydrogen-bond donors (Lipinski definition) is 3. The summed E-state index contributed by atoms with van der Waals surface area (Å²) in [5.41, 5.74) is 0. The maximum absolute atomic E-state index is 9.45. The largest absolute Gasteiger partial charge is 0.481 e. The van der Waals surface area contributed by atoms with Gasteiger partial charge in [-0.3, -0.25) is 9.59 Å². The van der Waals surface area contributed by atoms with Gasteiger partial charge < -0.3 is 15.6 Å². The fourth-order valence-corrected chi connectivity index (χ4v) is 0.0873. The normalized spacial score (nSPS) is 7.36. The molecule has 0 heterocycles. The molecule has 0 saturated carbocycles. The van der Waals surface area contributed by atoms with E-state index >= 15 is 0 Å². The number of rotatable bonds is 3. The number of carbonyl (C=O) groups is 2. The zero-order valence-electron chi connectivity index (χ0n) is 6.20. The van der Waals surface area contributed by atoms with Gasteiger partial charge in [-0.1, -0.05) is 6.92 Å². The first kappa shape index (κ1) is 12.3. The van der Waals surface area contributed by atoms with E-state index in [1.807, 2.05) is 0 Å². The summed E-state index contributed by atoms with van der Waals surface area (Å²) in [4.78, 5) is 18.8. The number of aliphatic carboxylic acids is 2. The predicted molar refractivity (Wildman–Crippen MR) is 39.0 cm³/mol. The van der Waals surface area contributed by atoms with Crippen molar-refractivity contribution in [2.75, 3.05) is 0 Å². The highest BCUT2D eigenvalue weighted by Gasteiger charge is 1.85. The molecular weight excluding hydrogens is 150 g/mol. The third-order valence-electron chi connectivity index (χ3n) is 0.579. The summed E-state index contributed by atoms with van der Waals surface area (Å²) in [6, 6.07) is 0. The summed E-state index contributed by atoms with van der Waals surface area (Å²) in [5, 5.41) is 21.7. The SMILES string of the molecule is CCC(=O)O.N=CCC(=O)O. The van der Waals surface area contributed by atoms with Gasteiger partial charge in [0.05, 0.1) is 6.42 Å². The van der Waals surface area contributed by atoms with Crippen molar-refractivity contribution >= 4 is 18.2 Å². The molecule has 0 rings (SSSR count). The Bertz CT molecular complexity index is 144. The Morgan fingerprint density at radius 3 is 1.73 bits per heavy atom. The van der Waals surface area contributed by atoms with E-state index in [1.165, 1.54) is 0 Å². The summed E-state index contributed by atoms with van der Waals surface area (Å²) in [5.74, 6) is -1.70. The van der Waals surface area contributed by atoms with Crippen molar-refractivity contribution in [1.29, 1.82) is 5.41 Å². The minimum atomic E-state index is -0.954. The summed E-state index contributed by atoms with van der Waals surface area (Å²) in [7, 11) is 0. The summed E-state index contributed by atoms with van der Waals surface area (Å²) in [6.07, 6.45) is 0.905. The van der Waals surface area contributed by atoms with Crippen LogP contribution in [0.4, 0.5) is 0 Å². The van der Waals surface area contributed by atoms with E-state index < -0.39 is 11.9 Å². The molecule has 3 N–H and O–H groups in total. The molecule has 0 spiro atoms. The van der Waals surface area contributed by atoms with Crippen LogP contribution in [0.3, 0.4) is 0 Å². The van der Waals surface area contributed by atoms with Gasteiger partial charge in [0.1, 0.15) is 0 Å². The third-order valence-corrected chi connectivity index (χ3v) is 0.579. The molecular formula is C6H11NO4. The summed E-state index contributed by atoms with van der Waals surface area (Å²) in [6.45, 7) is 1.60. The lowest BCUT2D eigenvalue weighted by atomic mass is 10.5. The van der Waals surface area contributed by atoms with Crippen molar-refractivity contribution in [3.05, 3.63) is 0 Å². The Morgan fingerprint density at radius 2 is 1.73 bits per heavy atom. The molecule has 0 aliphatic carbocycles. The van der Waals surface area contributed by atoms with E-state index in [1.54, 1.807) is 6.92 Å². The van der Waals surface area contributed by atoms with Crippen LogP contribution in [-0.2, 0) is 9.59 Å². The van der Waals surface area contributed by atoms with Crippen molar-refractivity contribution in [3.63, 3.8) is 0 Å². The number of carboxylic acid groups (broad SMARTS) is 2. The van der Waals surface area contributed by atoms with Gasteiger partial charge in [0.25, 0.3) is 0 Å². The van der Waals surface area contributed by atoms with Gasteiger partial charge in [-0.2, -0.15) is 0 Å². The van der Waals surface area contributed by atoms with Crippen LogP contribution >= 0.6 is 0 Å². The van der Waals surface area contributed by atoms with Crippen molar-refractivity contribution < 1.29 is 19.8 Å². The monoisotopic (exact) mass is 161 g/mol. The first-order valence-corrected chi connectivity index (χ1v) is 2.97. The first-order valence-electron chi connectivity index (χ1n) is 2.97. The average molecular weight is 161 g/mol. The topological polar surface area (TPSA) is 98.5 Å². The van der Waals surface area contributed by atoms with E-state index in [2.05, 4.69) is 0 Å². The van der Waals surface area contributed by atoms with Gasteiger partial charge in [-0.15, -0.1) is 0 Å². The van der Waals surface area contributed by atoms with E-state index in [0.717, 1.165) is 6.21 Å². The highest BCUT2D eigenvalue weighted by Crippen LogP contribution is 1.67. The summed E-state index contributed by atoms with van der Waals surface area (Å²) >= 11 is 0. The molecule has 5 heteroatoms. The molecule has 5 nitrogen and oxygen atoms in total. The van der Waals surface area contributed by atoms with E-state index in [-0.39, 0.29) is 12.8 Å². The molecule has 0 unspecified atom stereocenters. The van der Waals surface area contributed by atoms with Gasteiger partial charge in [-0.05, 0) is 0 Å². The van der Waals surface area contributed by atoms with E-state index in [4.69, 9.17) is 15.6 Å². The highest BCUT2D eigenvalue weighted by atomic mass is 16.4. The third kappa shape index (κ3) is 28.9. The van der Waals surface area contributed by atoms with Crippen molar-refractivity contribution in [2.24, 2.45) is 0 Å². The maximum atomic E-state index is 9.45. The van der Waals surface area contributed by atoms with Crippen molar-refractivity contribution in [3.8, 4) is 0 Å². The zero-order chi connectivity index (χ0) is 9.28. The van der Waals surface area contributed by atoms with Crippen LogP contribution in [0.1, 0.15) is 19.8 Å². The van der Waals surface area contributed by atoms with Gasteiger partial charge in [0, 0.05) is 12.6 Å². The molecule has 0 aromatic carbocycles. The first-order chi connectivity index (χ1) is 5.04. The Kier molecular flexibility index (Phi) is 9.63. The fourth-order valence-electron chi connectivity index (χ4n) is 0.0873. The molecule has 0 fully saturated rings. The standard InChI is InChI=1S/C3H5NO2.C3H6O2/c4-2-1-3(5)6;1-2-3(4)5/h2,4H,1H2,(H,5,6);2H2,1H3,(H,4,5). The van der Waals surface area contributed by atoms with Gasteiger partial charge in [-0.25, -0.2) is 0 Å². The van der Waals surface area contributed by atoms with Crippen LogP contribution in [-0.4, -0.2) is 28.4 Å². The van der Waals surface area contributed by atoms with E-state index in [9.17, 15) is 9.59 Å². The number of carboxylic acids is 2. The van der Waals surface area contributed by atoms with Crippen molar-refractivity contribution in [2.45, 2.75) is 19.8 Å². The Hall–Kier alpha value is -1.39. The highest BCUT2D eigenvalue weighted by molar-refractivity contribution is 5.83. The predicted octanol–water partition coefficient (Wildman–Crippen LogP) is 0.592. The van der Waals surface area contributed by atoms with Crippen molar-refractivity contribution in [1.82, 2.24) is 0 Å². The molecule has 11 heavy (non-hydrogen) atoms. The molecule has 0 aromatic rings. The Morgan fingerprint density at radius 1 is 1.36 bits per heavy atom. The van der Waals surface area contributed by atoms with Gasteiger partial charge in [0.15, 0.2) is 0 Å². The second-order valence-corrected chi connectivity index (χ2v) is 1.55. The van der Waals surface area contributed by atoms with Crippen LogP contribution in [0.2, 0.25) is 0 Å². The number of hydrogen-bond acceptors (Lipinski definition) is 3. The Labute approximate surface area is 64.2 Å². The summed E-state index contributed by atoms with van der Waals surface area (Å²) < 4.78 is 0. The van der Waals surface area contributed by atoms with E-state index in [0.29, 0.717) is 0 Å². The molecule has 0 amide bonds. The maximum Gasteiger partial charge on any atom is 0.308 e.